The highest BCUT2D eigenvalue weighted by molar-refractivity contribution is 7.89. The van der Waals surface area contributed by atoms with Gasteiger partial charge in [-0.15, -0.1) is 0 Å². The Morgan fingerprint density at radius 1 is 1.50 bits per heavy atom. The Kier molecular flexibility index (Phi) is 2.01. The zero-order valence-electron chi connectivity index (χ0n) is 6.08. The second-order valence-electron chi connectivity index (χ2n) is 2.99. The molecule has 2 atom stereocenters. The lowest BCUT2D eigenvalue weighted by atomic mass is 10.3. The SMILES string of the molecule is CCC1CC1CS(N)(=O)=O. The van der Waals surface area contributed by atoms with Crippen LogP contribution in [-0.2, 0) is 10.0 Å². The molecule has 3 nitrogen and oxygen atoms in total. The van der Waals surface area contributed by atoms with Crippen LogP contribution in [0.3, 0.4) is 0 Å². The fourth-order valence-electron chi connectivity index (χ4n) is 1.31. The Labute approximate surface area is 61.7 Å². The van der Waals surface area contributed by atoms with Gasteiger partial charge in [0.2, 0.25) is 10.0 Å². The average molecular weight is 163 g/mol. The van der Waals surface area contributed by atoms with Crippen molar-refractivity contribution in [2.24, 2.45) is 17.0 Å². The summed E-state index contributed by atoms with van der Waals surface area (Å²) in [5.74, 6) is 1.17. The van der Waals surface area contributed by atoms with E-state index in [1.54, 1.807) is 0 Å². The zero-order valence-corrected chi connectivity index (χ0v) is 6.89. The summed E-state index contributed by atoms with van der Waals surface area (Å²) in [5.41, 5.74) is 0. The lowest BCUT2D eigenvalue weighted by molar-refractivity contribution is 0.589. The highest BCUT2D eigenvalue weighted by Gasteiger charge is 2.37. The van der Waals surface area contributed by atoms with Crippen LogP contribution in [0.15, 0.2) is 0 Å². The highest BCUT2D eigenvalue weighted by atomic mass is 32.2. The summed E-state index contributed by atoms with van der Waals surface area (Å²) in [6.07, 6.45) is 2.13. The van der Waals surface area contributed by atoms with E-state index >= 15 is 0 Å². The Morgan fingerprint density at radius 3 is 2.40 bits per heavy atom. The molecular formula is C6H13NO2S. The van der Waals surface area contributed by atoms with Gasteiger partial charge in [-0.1, -0.05) is 13.3 Å². The van der Waals surface area contributed by atoms with Crippen molar-refractivity contribution in [3.05, 3.63) is 0 Å². The van der Waals surface area contributed by atoms with Gasteiger partial charge in [0.05, 0.1) is 5.75 Å². The fourth-order valence-corrected chi connectivity index (χ4v) is 2.32. The number of primary sulfonamides is 1. The first-order chi connectivity index (χ1) is 4.53. The third kappa shape index (κ3) is 2.27. The molecule has 0 radical (unpaired) electrons. The third-order valence-corrected chi connectivity index (χ3v) is 2.93. The Hall–Kier alpha value is -0.0900. The zero-order chi connectivity index (χ0) is 7.78. The van der Waals surface area contributed by atoms with Crippen molar-refractivity contribution in [1.82, 2.24) is 0 Å². The van der Waals surface area contributed by atoms with Crippen LogP contribution in [0.4, 0.5) is 0 Å². The van der Waals surface area contributed by atoms with Gasteiger partial charge in [-0.2, -0.15) is 0 Å². The van der Waals surface area contributed by atoms with E-state index in [2.05, 4.69) is 6.92 Å². The number of hydrogen-bond donors (Lipinski definition) is 1. The van der Waals surface area contributed by atoms with Gasteiger partial charge >= 0.3 is 0 Å². The van der Waals surface area contributed by atoms with Gasteiger partial charge in [-0.25, -0.2) is 13.6 Å². The number of rotatable bonds is 3. The Morgan fingerprint density at radius 2 is 2.10 bits per heavy atom. The molecule has 0 amide bonds. The molecule has 0 aliphatic heterocycles. The van der Waals surface area contributed by atoms with Crippen molar-refractivity contribution in [2.45, 2.75) is 19.8 Å². The van der Waals surface area contributed by atoms with Crippen LogP contribution in [-0.4, -0.2) is 14.2 Å². The van der Waals surface area contributed by atoms with Crippen molar-refractivity contribution in [3.63, 3.8) is 0 Å². The summed E-state index contributed by atoms with van der Waals surface area (Å²) in [7, 11) is -3.20. The molecule has 4 heteroatoms. The first-order valence-electron chi connectivity index (χ1n) is 3.53. The average Bonchev–Trinajstić information content (AvgIpc) is 2.42. The van der Waals surface area contributed by atoms with Crippen molar-refractivity contribution in [1.29, 1.82) is 0 Å². The summed E-state index contributed by atoms with van der Waals surface area (Å²) in [5, 5.41) is 4.87. The normalized spacial score (nSPS) is 32.2. The Bertz CT molecular complexity index is 210. The van der Waals surface area contributed by atoms with Crippen LogP contribution in [0.25, 0.3) is 0 Å². The van der Waals surface area contributed by atoms with Gasteiger partial charge < -0.3 is 0 Å². The van der Waals surface area contributed by atoms with Crippen molar-refractivity contribution >= 4 is 10.0 Å². The maximum Gasteiger partial charge on any atom is 0.209 e. The van der Waals surface area contributed by atoms with Gasteiger partial charge in [-0.3, -0.25) is 0 Å². The monoisotopic (exact) mass is 163 g/mol. The van der Waals surface area contributed by atoms with Crippen LogP contribution in [0.2, 0.25) is 0 Å². The quantitative estimate of drug-likeness (QED) is 0.651. The van der Waals surface area contributed by atoms with E-state index in [0.29, 0.717) is 11.8 Å². The van der Waals surface area contributed by atoms with E-state index in [9.17, 15) is 8.42 Å². The van der Waals surface area contributed by atoms with Crippen LogP contribution in [0.1, 0.15) is 19.8 Å². The lowest BCUT2D eigenvalue weighted by Crippen LogP contribution is -2.18. The van der Waals surface area contributed by atoms with Gasteiger partial charge in [0, 0.05) is 0 Å². The van der Waals surface area contributed by atoms with Gasteiger partial charge in [-0.05, 0) is 18.3 Å². The van der Waals surface area contributed by atoms with Crippen LogP contribution in [0, 0.1) is 11.8 Å². The number of nitrogens with two attached hydrogens (primary N) is 1. The van der Waals surface area contributed by atoms with Gasteiger partial charge in [0.25, 0.3) is 0 Å². The first kappa shape index (κ1) is 8.01. The molecule has 0 aromatic rings. The van der Waals surface area contributed by atoms with Crippen molar-refractivity contribution in [3.8, 4) is 0 Å². The minimum Gasteiger partial charge on any atom is -0.229 e. The summed E-state index contributed by atoms with van der Waals surface area (Å²) >= 11 is 0. The molecule has 0 aromatic carbocycles. The van der Waals surface area contributed by atoms with E-state index in [1.165, 1.54) is 0 Å². The van der Waals surface area contributed by atoms with Crippen LogP contribution >= 0.6 is 0 Å². The van der Waals surface area contributed by atoms with E-state index in [-0.39, 0.29) is 5.75 Å². The van der Waals surface area contributed by atoms with Crippen LogP contribution < -0.4 is 5.14 Å². The smallest absolute Gasteiger partial charge is 0.209 e. The van der Waals surface area contributed by atoms with Crippen LogP contribution in [0.5, 0.6) is 0 Å². The molecule has 0 heterocycles. The second-order valence-corrected chi connectivity index (χ2v) is 4.65. The first-order valence-corrected chi connectivity index (χ1v) is 5.25. The molecule has 0 saturated heterocycles. The predicted molar refractivity (Wildman–Crippen MR) is 39.9 cm³/mol. The molecule has 2 unspecified atom stereocenters. The number of hydrogen-bond acceptors (Lipinski definition) is 2. The molecule has 1 aliphatic carbocycles. The third-order valence-electron chi connectivity index (χ3n) is 2.04. The molecule has 0 aromatic heterocycles. The largest absolute Gasteiger partial charge is 0.229 e. The highest BCUT2D eigenvalue weighted by Crippen LogP contribution is 2.41. The molecule has 1 aliphatic rings. The maximum atomic E-state index is 10.5. The molecule has 0 bridgehead atoms. The number of sulfonamides is 1. The fraction of sp³-hybridized carbons (Fsp3) is 1.00. The van der Waals surface area contributed by atoms with Crippen molar-refractivity contribution in [2.75, 3.05) is 5.75 Å². The van der Waals surface area contributed by atoms with Gasteiger partial charge in [0.15, 0.2) is 0 Å². The minimum absolute atomic E-state index is 0.186. The molecular weight excluding hydrogens is 150 g/mol. The molecule has 1 rings (SSSR count). The summed E-state index contributed by atoms with van der Waals surface area (Å²) in [6.45, 7) is 2.08. The molecule has 60 valence electrons. The predicted octanol–water partition coefficient (Wildman–Crippen LogP) is 0.321. The molecule has 2 N–H and O–H groups in total. The van der Waals surface area contributed by atoms with Gasteiger partial charge in [0.1, 0.15) is 0 Å². The maximum absolute atomic E-state index is 10.5. The molecule has 0 spiro atoms. The Balaban J connectivity index is 2.31. The van der Waals surface area contributed by atoms with Crippen molar-refractivity contribution < 1.29 is 8.42 Å². The minimum atomic E-state index is -3.20. The molecule has 10 heavy (non-hydrogen) atoms. The summed E-state index contributed by atoms with van der Waals surface area (Å²) < 4.78 is 21.0. The molecule has 1 fully saturated rings. The standard InChI is InChI=1S/C6H13NO2S/c1-2-5-3-6(5)4-10(7,8)9/h5-6H,2-4H2,1H3,(H2,7,8,9). The lowest BCUT2D eigenvalue weighted by Gasteiger charge is -1.93. The van der Waals surface area contributed by atoms with E-state index in [1.807, 2.05) is 0 Å². The second kappa shape index (κ2) is 2.51. The van der Waals surface area contributed by atoms with E-state index in [0.717, 1.165) is 12.8 Å². The summed E-state index contributed by atoms with van der Waals surface area (Å²) in [6, 6.07) is 0. The topological polar surface area (TPSA) is 60.2 Å². The molecule has 1 saturated carbocycles. The van der Waals surface area contributed by atoms with E-state index in [4.69, 9.17) is 5.14 Å². The summed E-state index contributed by atoms with van der Waals surface area (Å²) in [4.78, 5) is 0. The van der Waals surface area contributed by atoms with E-state index < -0.39 is 10.0 Å².